The van der Waals surface area contributed by atoms with Gasteiger partial charge in [0.05, 0.1) is 18.5 Å². The Balaban J connectivity index is 2.00. The quantitative estimate of drug-likeness (QED) is 0.830. The van der Waals surface area contributed by atoms with Crippen LogP contribution in [-0.4, -0.2) is 33.8 Å². The fourth-order valence-electron chi connectivity index (χ4n) is 2.55. The molecule has 0 bridgehead atoms. The summed E-state index contributed by atoms with van der Waals surface area (Å²) < 4.78 is 25.5. The minimum atomic E-state index is -3.45. The third-order valence-electron chi connectivity index (χ3n) is 3.53. The van der Waals surface area contributed by atoms with E-state index in [4.69, 9.17) is 0 Å². The van der Waals surface area contributed by atoms with Crippen LogP contribution in [0.2, 0.25) is 0 Å². The highest BCUT2D eigenvalue weighted by Gasteiger charge is 2.18. The largest absolute Gasteiger partial charge is 0.336 e. The van der Waals surface area contributed by atoms with Crippen LogP contribution in [0.25, 0.3) is 0 Å². The van der Waals surface area contributed by atoms with Crippen LogP contribution >= 0.6 is 0 Å². The summed E-state index contributed by atoms with van der Waals surface area (Å²) in [7, 11) is -3.45. The SMILES string of the molecule is Cc1cc(C)cc(N(CCNC(=O)Nc2ccccc2)S(C)(=O)=O)c1. The van der Waals surface area contributed by atoms with Crippen molar-refractivity contribution < 1.29 is 13.2 Å². The second kappa shape index (κ2) is 8.02. The zero-order valence-electron chi connectivity index (χ0n) is 14.6. The average Bonchev–Trinajstić information content (AvgIpc) is 2.50. The van der Waals surface area contributed by atoms with Crippen molar-refractivity contribution >= 4 is 27.4 Å². The Kier molecular flexibility index (Phi) is 6.03. The first-order valence-corrected chi connectivity index (χ1v) is 9.76. The number of rotatable bonds is 6. The van der Waals surface area contributed by atoms with Gasteiger partial charge in [0.1, 0.15) is 0 Å². The van der Waals surface area contributed by atoms with Crippen LogP contribution in [0.5, 0.6) is 0 Å². The van der Waals surface area contributed by atoms with E-state index in [1.807, 2.05) is 50.2 Å². The third kappa shape index (κ3) is 5.79. The van der Waals surface area contributed by atoms with Gasteiger partial charge in [-0.3, -0.25) is 4.31 Å². The number of amides is 2. The molecule has 2 rings (SSSR count). The van der Waals surface area contributed by atoms with Gasteiger partial charge in [-0.05, 0) is 49.2 Å². The molecule has 0 aliphatic heterocycles. The number of anilines is 2. The summed E-state index contributed by atoms with van der Waals surface area (Å²) in [6.07, 6.45) is 1.16. The molecule has 0 saturated heterocycles. The molecule has 25 heavy (non-hydrogen) atoms. The predicted octanol–water partition coefficient (Wildman–Crippen LogP) is 2.89. The van der Waals surface area contributed by atoms with E-state index >= 15 is 0 Å². The summed E-state index contributed by atoms with van der Waals surface area (Å²) in [5.41, 5.74) is 3.25. The third-order valence-corrected chi connectivity index (χ3v) is 4.72. The lowest BCUT2D eigenvalue weighted by Crippen LogP contribution is -2.39. The van der Waals surface area contributed by atoms with Gasteiger partial charge in [-0.2, -0.15) is 0 Å². The highest BCUT2D eigenvalue weighted by molar-refractivity contribution is 7.92. The number of hydrogen-bond acceptors (Lipinski definition) is 3. The smallest absolute Gasteiger partial charge is 0.319 e. The van der Waals surface area contributed by atoms with Gasteiger partial charge in [-0.15, -0.1) is 0 Å². The van der Waals surface area contributed by atoms with E-state index in [0.29, 0.717) is 11.4 Å². The first kappa shape index (κ1) is 18.8. The Bertz CT molecular complexity index is 816. The molecule has 0 spiro atoms. The fourth-order valence-corrected chi connectivity index (χ4v) is 3.46. The Hall–Kier alpha value is -2.54. The molecule has 0 unspecified atom stereocenters. The minimum Gasteiger partial charge on any atom is -0.336 e. The number of nitrogens with one attached hydrogen (secondary N) is 2. The summed E-state index contributed by atoms with van der Waals surface area (Å²) in [6, 6.07) is 14.3. The Labute approximate surface area is 148 Å². The number of urea groups is 1. The molecule has 2 N–H and O–H groups in total. The summed E-state index contributed by atoms with van der Waals surface area (Å²) >= 11 is 0. The monoisotopic (exact) mass is 361 g/mol. The van der Waals surface area contributed by atoms with Crippen molar-refractivity contribution in [2.24, 2.45) is 0 Å². The lowest BCUT2D eigenvalue weighted by atomic mass is 10.1. The number of para-hydroxylation sites is 1. The number of sulfonamides is 1. The number of nitrogens with zero attached hydrogens (tertiary/aromatic N) is 1. The molecule has 134 valence electrons. The molecule has 0 heterocycles. The maximum atomic E-state index is 12.1. The van der Waals surface area contributed by atoms with E-state index in [1.165, 1.54) is 4.31 Å². The van der Waals surface area contributed by atoms with Gasteiger partial charge in [0.15, 0.2) is 0 Å². The van der Waals surface area contributed by atoms with Gasteiger partial charge in [0, 0.05) is 12.2 Å². The average molecular weight is 361 g/mol. The fraction of sp³-hybridized carbons (Fsp3) is 0.278. The summed E-state index contributed by atoms with van der Waals surface area (Å²) in [5, 5.41) is 5.37. The number of hydrogen-bond donors (Lipinski definition) is 2. The molecular formula is C18H23N3O3S. The van der Waals surface area contributed by atoms with E-state index < -0.39 is 10.0 Å². The van der Waals surface area contributed by atoms with Crippen LogP contribution in [-0.2, 0) is 10.0 Å². The second-order valence-electron chi connectivity index (χ2n) is 5.93. The molecule has 2 aromatic rings. The lowest BCUT2D eigenvalue weighted by Gasteiger charge is -2.23. The van der Waals surface area contributed by atoms with E-state index in [2.05, 4.69) is 10.6 Å². The molecule has 2 aromatic carbocycles. The lowest BCUT2D eigenvalue weighted by molar-refractivity contribution is 0.252. The topological polar surface area (TPSA) is 78.5 Å². The van der Waals surface area contributed by atoms with Crippen LogP contribution in [0.15, 0.2) is 48.5 Å². The molecule has 0 fully saturated rings. The molecule has 0 atom stereocenters. The van der Waals surface area contributed by atoms with Crippen LogP contribution in [0.4, 0.5) is 16.2 Å². The first-order valence-electron chi connectivity index (χ1n) is 7.91. The first-order chi connectivity index (χ1) is 11.8. The van der Waals surface area contributed by atoms with Gasteiger partial charge in [0.25, 0.3) is 0 Å². The highest BCUT2D eigenvalue weighted by Crippen LogP contribution is 2.20. The Morgan fingerprint density at radius 3 is 2.20 bits per heavy atom. The molecule has 0 radical (unpaired) electrons. The predicted molar refractivity (Wildman–Crippen MR) is 102 cm³/mol. The zero-order valence-corrected chi connectivity index (χ0v) is 15.4. The molecule has 0 aliphatic carbocycles. The maximum Gasteiger partial charge on any atom is 0.319 e. The van der Waals surface area contributed by atoms with Crippen LogP contribution in [0, 0.1) is 13.8 Å². The molecular weight excluding hydrogens is 338 g/mol. The van der Waals surface area contributed by atoms with Crippen LogP contribution < -0.4 is 14.9 Å². The molecule has 0 aliphatic rings. The van der Waals surface area contributed by atoms with Gasteiger partial charge >= 0.3 is 6.03 Å². The standard InChI is InChI=1S/C18H23N3O3S/c1-14-11-15(2)13-17(12-14)21(25(3,23)24)10-9-19-18(22)20-16-7-5-4-6-8-16/h4-8,11-13H,9-10H2,1-3H3,(H2,19,20,22). The van der Waals surface area contributed by atoms with Crippen molar-refractivity contribution in [1.82, 2.24) is 5.32 Å². The van der Waals surface area contributed by atoms with Gasteiger partial charge in [-0.1, -0.05) is 24.3 Å². The number of carbonyl (C=O) groups excluding carboxylic acids is 1. The molecule has 0 aromatic heterocycles. The maximum absolute atomic E-state index is 12.1. The molecule has 6 nitrogen and oxygen atoms in total. The van der Waals surface area contributed by atoms with Gasteiger partial charge in [-0.25, -0.2) is 13.2 Å². The van der Waals surface area contributed by atoms with Crippen molar-refractivity contribution in [3.05, 3.63) is 59.7 Å². The van der Waals surface area contributed by atoms with Crippen LogP contribution in [0.3, 0.4) is 0 Å². The summed E-state index contributed by atoms with van der Waals surface area (Å²) in [4.78, 5) is 11.9. The van der Waals surface area contributed by atoms with Crippen molar-refractivity contribution in [3.8, 4) is 0 Å². The molecule has 2 amide bonds. The Morgan fingerprint density at radius 1 is 1.04 bits per heavy atom. The minimum absolute atomic E-state index is 0.157. The Morgan fingerprint density at radius 2 is 1.64 bits per heavy atom. The number of benzene rings is 2. The molecule has 7 heteroatoms. The number of carbonyl (C=O) groups is 1. The van der Waals surface area contributed by atoms with E-state index in [9.17, 15) is 13.2 Å². The van der Waals surface area contributed by atoms with Crippen molar-refractivity contribution in [2.75, 3.05) is 29.0 Å². The highest BCUT2D eigenvalue weighted by atomic mass is 32.2. The molecule has 0 saturated carbocycles. The van der Waals surface area contributed by atoms with E-state index in [0.717, 1.165) is 17.4 Å². The summed E-state index contributed by atoms with van der Waals surface area (Å²) in [6.45, 7) is 4.19. The van der Waals surface area contributed by atoms with E-state index in [1.54, 1.807) is 12.1 Å². The van der Waals surface area contributed by atoms with Crippen molar-refractivity contribution in [3.63, 3.8) is 0 Å². The van der Waals surface area contributed by atoms with E-state index in [-0.39, 0.29) is 19.1 Å². The normalized spacial score (nSPS) is 11.0. The van der Waals surface area contributed by atoms with Gasteiger partial charge in [0.2, 0.25) is 10.0 Å². The second-order valence-corrected chi connectivity index (χ2v) is 7.83. The van der Waals surface area contributed by atoms with Crippen LogP contribution in [0.1, 0.15) is 11.1 Å². The van der Waals surface area contributed by atoms with Gasteiger partial charge < -0.3 is 10.6 Å². The zero-order chi connectivity index (χ0) is 18.4. The summed E-state index contributed by atoms with van der Waals surface area (Å²) in [5.74, 6) is 0. The van der Waals surface area contributed by atoms with Crippen molar-refractivity contribution in [2.45, 2.75) is 13.8 Å². The van der Waals surface area contributed by atoms with Crippen molar-refractivity contribution in [1.29, 1.82) is 0 Å². The number of aryl methyl sites for hydroxylation is 2.